The lowest BCUT2D eigenvalue weighted by atomic mass is 10.1. The van der Waals surface area contributed by atoms with Crippen LogP contribution in [0, 0.1) is 0 Å². The van der Waals surface area contributed by atoms with Crippen LogP contribution in [0.3, 0.4) is 0 Å². The van der Waals surface area contributed by atoms with E-state index in [1.807, 2.05) is 37.3 Å². The summed E-state index contributed by atoms with van der Waals surface area (Å²) in [4.78, 5) is 13.1. The second-order valence-electron chi connectivity index (χ2n) is 5.59. The molecule has 0 saturated carbocycles. The topological polar surface area (TPSA) is 64.4 Å². The van der Waals surface area contributed by atoms with Crippen molar-refractivity contribution in [3.63, 3.8) is 0 Å². The lowest BCUT2D eigenvalue weighted by molar-refractivity contribution is 0.373. The van der Waals surface area contributed by atoms with Crippen molar-refractivity contribution in [2.45, 2.75) is 13.0 Å². The number of hydrogen-bond donors (Lipinski definition) is 1. The van der Waals surface area contributed by atoms with Crippen LogP contribution in [0.2, 0.25) is 0 Å². The van der Waals surface area contributed by atoms with Crippen LogP contribution in [0.4, 0.5) is 0 Å². The van der Waals surface area contributed by atoms with Crippen molar-refractivity contribution < 1.29 is 9.84 Å². The summed E-state index contributed by atoms with van der Waals surface area (Å²) in [6.45, 7) is 1.93. The number of aromatic hydroxyl groups is 1. The second-order valence-corrected chi connectivity index (χ2v) is 6.44. The van der Waals surface area contributed by atoms with Crippen LogP contribution in [0.15, 0.2) is 64.0 Å². The van der Waals surface area contributed by atoms with Gasteiger partial charge in [-0.25, -0.2) is 4.68 Å². The molecule has 0 aliphatic heterocycles. The molecule has 3 aromatic rings. The van der Waals surface area contributed by atoms with Crippen LogP contribution in [0.1, 0.15) is 18.5 Å². The average molecular weight is 401 g/mol. The van der Waals surface area contributed by atoms with Gasteiger partial charge in [0.05, 0.1) is 29.4 Å². The van der Waals surface area contributed by atoms with Gasteiger partial charge in [-0.1, -0.05) is 36.4 Å². The van der Waals surface area contributed by atoms with E-state index in [1.165, 1.54) is 17.9 Å². The van der Waals surface area contributed by atoms with Crippen molar-refractivity contribution >= 4 is 15.9 Å². The van der Waals surface area contributed by atoms with E-state index >= 15 is 0 Å². The van der Waals surface area contributed by atoms with E-state index in [9.17, 15) is 9.90 Å². The molecule has 0 aliphatic rings. The highest BCUT2D eigenvalue weighted by Gasteiger charge is 2.18. The van der Waals surface area contributed by atoms with Crippen molar-refractivity contribution in [1.29, 1.82) is 0 Å². The summed E-state index contributed by atoms with van der Waals surface area (Å²) in [5.74, 6) is 0.331. The number of nitrogens with zero attached hydrogens (tertiary/aromatic N) is 2. The molecular formula is C19H17BrN2O3. The predicted molar refractivity (Wildman–Crippen MR) is 100 cm³/mol. The summed E-state index contributed by atoms with van der Waals surface area (Å²) in [6.07, 6.45) is 1.61. The van der Waals surface area contributed by atoms with Gasteiger partial charge in [-0.05, 0) is 46.1 Å². The minimum atomic E-state index is -0.224. The van der Waals surface area contributed by atoms with Crippen LogP contribution in [-0.2, 0) is 0 Å². The number of hydrogen-bond acceptors (Lipinski definition) is 4. The van der Waals surface area contributed by atoms with Crippen LogP contribution < -0.4 is 10.3 Å². The van der Waals surface area contributed by atoms with Gasteiger partial charge in [-0.3, -0.25) is 4.79 Å². The molecule has 0 aliphatic carbocycles. The fraction of sp³-hybridized carbons (Fsp3) is 0.158. The van der Waals surface area contributed by atoms with E-state index in [-0.39, 0.29) is 17.4 Å². The third-order valence-electron chi connectivity index (χ3n) is 4.07. The molecule has 0 spiro atoms. The Labute approximate surface area is 153 Å². The summed E-state index contributed by atoms with van der Waals surface area (Å²) >= 11 is 3.41. The van der Waals surface area contributed by atoms with Crippen molar-refractivity contribution in [1.82, 2.24) is 9.78 Å². The molecule has 0 amide bonds. The first-order valence-electron chi connectivity index (χ1n) is 7.72. The molecule has 0 radical (unpaired) electrons. The van der Waals surface area contributed by atoms with Gasteiger partial charge in [0.2, 0.25) is 0 Å². The fourth-order valence-corrected chi connectivity index (χ4v) is 3.18. The molecule has 0 saturated heterocycles. The monoisotopic (exact) mass is 400 g/mol. The number of methoxy groups -OCH3 is 1. The van der Waals surface area contributed by atoms with Gasteiger partial charge in [0, 0.05) is 0 Å². The Morgan fingerprint density at radius 2 is 1.92 bits per heavy atom. The zero-order valence-corrected chi connectivity index (χ0v) is 15.4. The normalized spacial score (nSPS) is 12.0. The third kappa shape index (κ3) is 3.30. The molecule has 1 aromatic heterocycles. The van der Waals surface area contributed by atoms with E-state index in [1.54, 1.807) is 18.3 Å². The zero-order chi connectivity index (χ0) is 18.0. The molecule has 25 heavy (non-hydrogen) atoms. The maximum Gasteiger partial charge on any atom is 0.276 e. The summed E-state index contributed by atoms with van der Waals surface area (Å²) in [5, 5.41) is 14.1. The Kier molecular flexibility index (Phi) is 4.90. The lowest BCUT2D eigenvalue weighted by Crippen LogP contribution is -2.28. The molecule has 1 heterocycles. The lowest BCUT2D eigenvalue weighted by Gasteiger charge is -2.16. The molecule has 1 N–H and O–H groups in total. The van der Waals surface area contributed by atoms with Gasteiger partial charge in [-0.2, -0.15) is 5.10 Å². The average Bonchev–Trinajstić information content (AvgIpc) is 2.63. The van der Waals surface area contributed by atoms with Crippen molar-refractivity contribution in [2.75, 3.05) is 7.11 Å². The SMILES string of the molecule is COc1cc(-c2c(Br)cnn(C(C)c3ccccc3)c2=O)ccc1O. The van der Waals surface area contributed by atoms with Crippen LogP contribution in [0.25, 0.3) is 11.1 Å². The number of phenolic OH excluding ortho intramolecular Hbond substituents is 1. The molecule has 3 rings (SSSR count). The molecule has 0 fully saturated rings. The van der Waals surface area contributed by atoms with Gasteiger partial charge < -0.3 is 9.84 Å². The Balaban J connectivity index is 2.15. The highest BCUT2D eigenvalue weighted by molar-refractivity contribution is 9.10. The maximum atomic E-state index is 13.1. The van der Waals surface area contributed by atoms with Crippen molar-refractivity contribution in [3.8, 4) is 22.6 Å². The Hall–Kier alpha value is -2.60. The van der Waals surface area contributed by atoms with E-state index < -0.39 is 0 Å². The fourth-order valence-electron chi connectivity index (χ4n) is 2.69. The van der Waals surface area contributed by atoms with E-state index in [2.05, 4.69) is 21.0 Å². The first kappa shape index (κ1) is 17.2. The summed E-state index contributed by atoms with van der Waals surface area (Å²) in [6, 6.07) is 14.3. The third-order valence-corrected chi connectivity index (χ3v) is 4.67. The summed E-state index contributed by atoms with van der Waals surface area (Å²) in [5.41, 5.74) is 1.88. The van der Waals surface area contributed by atoms with Crippen LogP contribution in [-0.4, -0.2) is 22.0 Å². The van der Waals surface area contributed by atoms with E-state index in [4.69, 9.17) is 4.74 Å². The quantitative estimate of drug-likeness (QED) is 0.718. The predicted octanol–water partition coefficient (Wildman–Crippen LogP) is 4.00. The largest absolute Gasteiger partial charge is 0.504 e. The Morgan fingerprint density at radius 3 is 2.60 bits per heavy atom. The maximum absolute atomic E-state index is 13.1. The molecule has 6 heteroatoms. The Bertz CT molecular complexity index is 955. The van der Waals surface area contributed by atoms with Crippen molar-refractivity contribution in [2.24, 2.45) is 0 Å². The van der Waals surface area contributed by atoms with Crippen LogP contribution >= 0.6 is 15.9 Å². The second kappa shape index (κ2) is 7.11. The number of phenols is 1. The number of rotatable bonds is 4. The number of aromatic nitrogens is 2. The standard InChI is InChI=1S/C19H17BrN2O3/c1-12(13-6-4-3-5-7-13)22-19(24)18(15(20)11-21-22)14-8-9-16(23)17(10-14)25-2/h3-12,23H,1-2H3. The molecular weight excluding hydrogens is 384 g/mol. The number of ether oxygens (including phenoxy) is 1. The molecule has 1 atom stereocenters. The van der Waals surface area contributed by atoms with Crippen molar-refractivity contribution in [3.05, 3.63) is 75.1 Å². The summed E-state index contributed by atoms with van der Waals surface area (Å²) in [7, 11) is 1.47. The number of benzene rings is 2. The first-order chi connectivity index (χ1) is 12.0. The van der Waals surface area contributed by atoms with Crippen LogP contribution in [0.5, 0.6) is 11.5 Å². The van der Waals surface area contributed by atoms with E-state index in [0.29, 0.717) is 21.3 Å². The zero-order valence-electron chi connectivity index (χ0n) is 13.8. The first-order valence-corrected chi connectivity index (χ1v) is 8.52. The van der Waals surface area contributed by atoms with Gasteiger partial charge in [-0.15, -0.1) is 0 Å². The molecule has 1 unspecified atom stereocenters. The molecule has 5 nitrogen and oxygen atoms in total. The molecule has 0 bridgehead atoms. The summed E-state index contributed by atoms with van der Waals surface area (Å²) < 4.78 is 7.18. The van der Waals surface area contributed by atoms with E-state index in [0.717, 1.165) is 5.56 Å². The Morgan fingerprint density at radius 1 is 1.20 bits per heavy atom. The molecule has 128 valence electrons. The smallest absolute Gasteiger partial charge is 0.276 e. The number of halogens is 1. The highest BCUT2D eigenvalue weighted by atomic mass is 79.9. The van der Waals surface area contributed by atoms with Gasteiger partial charge in [0.15, 0.2) is 11.5 Å². The van der Waals surface area contributed by atoms with Gasteiger partial charge in [0.1, 0.15) is 0 Å². The highest BCUT2D eigenvalue weighted by Crippen LogP contribution is 2.33. The minimum Gasteiger partial charge on any atom is -0.504 e. The molecule has 2 aromatic carbocycles. The minimum absolute atomic E-state index is 0.0226. The van der Waals surface area contributed by atoms with Gasteiger partial charge in [0.25, 0.3) is 5.56 Å². The van der Waals surface area contributed by atoms with Gasteiger partial charge >= 0.3 is 0 Å².